The standard InChI is InChI=1S/C13H18N4OS/c1-7-6-9-11(16-13(14)17-12(9)19-7)15-8(2)10-4-3-5-18-10/h6,8,10H,3-5H2,1-2H3,(H3,14,15,16,17). The van der Waals surface area contributed by atoms with Crippen molar-refractivity contribution in [1.29, 1.82) is 0 Å². The molecule has 0 saturated carbocycles. The molecule has 3 heterocycles. The average molecular weight is 278 g/mol. The Morgan fingerprint density at radius 2 is 2.37 bits per heavy atom. The van der Waals surface area contributed by atoms with Crippen LogP contribution in [0, 0.1) is 6.92 Å². The van der Waals surface area contributed by atoms with Crippen molar-refractivity contribution in [2.24, 2.45) is 0 Å². The Balaban J connectivity index is 1.90. The summed E-state index contributed by atoms with van der Waals surface area (Å²) in [4.78, 5) is 10.8. The first-order valence-electron chi connectivity index (χ1n) is 6.55. The van der Waals surface area contributed by atoms with Crippen molar-refractivity contribution in [1.82, 2.24) is 9.97 Å². The summed E-state index contributed by atoms with van der Waals surface area (Å²) >= 11 is 1.64. The summed E-state index contributed by atoms with van der Waals surface area (Å²) in [6, 6.07) is 2.32. The first-order valence-corrected chi connectivity index (χ1v) is 7.37. The predicted molar refractivity (Wildman–Crippen MR) is 78.6 cm³/mol. The van der Waals surface area contributed by atoms with Gasteiger partial charge in [0, 0.05) is 11.5 Å². The number of aryl methyl sites for hydroxylation is 1. The number of hydrogen-bond acceptors (Lipinski definition) is 6. The van der Waals surface area contributed by atoms with Crippen LogP contribution >= 0.6 is 11.3 Å². The smallest absolute Gasteiger partial charge is 0.223 e. The van der Waals surface area contributed by atoms with Crippen LogP contribution in [-0.2, 0) is 4.74 Å². The Kier molecular flexibility index (Phi) is 3.28. The minimum Gasteiger partial charge on any atom is -0.376 e. The molecular weight excluding hydrogens is 260 g/mol. The van der Waals surface area contributed by atoms with E-state index in [4.69, 9.17) is 10.5 Å². The van der Waals surface area contributed by atoms with Gasteiger partial charge in [-0.3, -0.25) is 0 Å². The van der Waals surface area contributed by atoms with Gasteiger partial charge < -0.3 is 15.8 Å². The molecule has 1 aliphatic heterocycles. The minimum atomic E-state index is 0.222. The van der Waals surface area contributed by atoms with Crippen molar-refractivity contribution in [3.63, 3.8) is 0 Å². The third-order valence-electron chi connectivity index (χ3n) is 3.42. The van der Waals surface area contributed by atoms with Gasteiger partial charge in [0.05, 0.1) is 17.5 Å². The van der Waals surface area contributed by atoms with Crippen LogP contribution in [0.2, 0.25) is 0 Å². The van der Waals surface area contributed by atoms with Gasteiger partial charge in [0.1, 0.15) is 10.6 Å². The van der Waals surface area contributed by atoms with Gasteiger partial charge in [0.25, 0.3) is 0 Å². The van der Waals surface area contributed by atoms with Gasteiger partial charge in [-0.2, -0.15) is 4.98 Å². The van der Waals surface area contributed by atoms with E-state index in [1.807, 2.05) is 0 Å². The second-order valence-electron chi connectivity index (χ2n) is 4.99. The van der Waals surface area contributed by atoms with Gasteiger partial charge in [-0.05, 0) is 32.8 Å². The van der Waals surface area contributed by atoms with Gasteiger partial charge in [-0.25, -0.2) is 4.98 Å². The van der Waals surface area contributed by atoms with E-state index in [1.54, 1.807) is 11.3 Å². The molecule has 5 nitrogen and oxygen atoms in total. The summed E-state index contributed by atoms with van der Waals surface area (Å²) < 4.78 is 5.70. The minimum absolute atomic E-state index is 0.222. The number of fused-ring (bicyclic) bond motifs is 1. The lowest BCUT2D eigenvalue weighted by atomic mass is 10.1. The molecule has 0 spiro atoms. The summed E-state index contributed by atoms with van der Waals surface area (Å²) in [6.45, 7) is 5.05. The molecule has 1 fully saturated rings. The van der Waals surface area contributed by atoms with Gasteiger partial charge in [-0.1, -0.05) is 0 Å². The maximum absolute atomic E-state index is 5.78. The number of aromatic nitrogens is 2. The quantitative estimate of drug-likeness (QED) is 0.902. The van der Waals surface area contributed by atoms with Crippen LogP contribution in [0.1, 0.15) is 24.6 Å². The lowest BCUT2D eigenvalue weighted by Crippen LogP contribution is -2.30. The molecule has 1 saturated heterocycles. The summed E-state index contributed by atoms with van der Waals surface area (Å²) in [6.07, 6.45) is 2.49. The largest absolute Gasteiger partial charge is 0.376 e. The van der Waals surface area contributed by atoms with Crippen molar-refractivity contribution in [2.45, 2.75) is 38.8 Å². The lowest BCUT2D eigenvalue weighted by molar-refractivity contribution is 0.0996. The maximum atomic E-state index is 5.78. The fourth-order valence-corrected chi connectivity index (χ4v) is 3.36. The van der Waals surface area contributed by atoms with E-state index in [9.17, 15) is 0 Å². The molecule has 2 unspecified atom stereocenters. The molecular formula is C13H18N4OS. The topological polar surface area (TPSA) is 73.1 Å². The molecule has 6 heteroatoms. The summed E-state index contributed by atoms with van der Waals surface area (Å²) in [7, 11) is 0. The van der Waals surface area contributed by atoms with E-state index in [-0.39, 0.29) is 12.1 Å². The van der Waals surface area contributed by atoms with Gasteiger partial charge in [0.15, 0.2) is 0 Å². The highest BCUT2D eigenvalue weighted by Crippen LogP contribution is 2.30. The highest BCUT2D eigenvalue weighted by molar-refractivity contribution is 7.18. The molecule has 0 bridgehead atoms. The highest BCUT2D eigenvalue weighted by Gasteiger charge is 2.23. The Hall–Kier alpha value is -1.40. The molecule has 3 N–H and O–H groups in total. The SMILES string of the molecule is Cc1cc2c(NC(C)C3CCCO3)nc(N)nc2s1. The Bertz CT molecular complexity index is 592. The van der Waals surface area contributed by atoms with Crippen LogP contribution in [0.3, 0.4) is 0 Å². The second kappa shape index (κ2) is 4.94. The van der Waals surface area contributed by atoms with Crippen LogP contribution < -0.4 is 11.1 Å². The number of hydrogen-bond donors (Lipinski definition) is 2. The zero-order valence-corrected chi connectivity index (χ0v) is 12.0. The van der Waals surface area contributed by atoms with Crippen molar-refractivity contribution < 1.29 is 4.74 Å². The summed E-state index contributed by atoms with van der Waals surface area (Å²) in [5.74, 6) is 1.13. The van der Waals surface area contributed by atoms with E-state index >= 15 is 0 Å². The molecule has 2 atom stereocenters. The number of thiophene rings is 1. The first kappa shape index (κ1) is 12.6. The number of ether oxygens (including phenoxy) is 1. The van der Waals surface area contributed by atoms with Crippen molar-refractivity contribution in [3.05, 3.63) is 10.9 Å². The fourth-order valence-electron chi connectivity index (χ4n) is 2.47. The van der Waals surface area contributed by atoms with Gasteiger partial charge in [-0.15, -0.1) is 11.3 Å². The fraction of sp³-hybridized carbons (Fsp3) is 0.538. The van der Waals surface area contributed by atoms with Crippen molar-refractivity contribution in [2.75, 3.05) is 17.7 Å². The predicted octanol–water partition coefficient (Wildman–Crippen LogP) is 2.56. The molecule has 0 radical (unpaired) electrons. The number of nitrogens with two attached hydrogens (primary N) is 1. The number of nitrogens with one attached hydrogen (secondary N) is 1. The van der Waals surface area contributed by atoms with E-state index in [0.717, 1.165) is 35.5 Å². The van der Waals surface area contributed by atoms with E-state index in [1.165, 1.54) is 4.88 Å². The molecule has 3 rings (SSSR count). The first-order chi connectivity index (χ1) is 9.13. The van der Waals surface area contributed by atoms with E-state index in [2.05, 4.69) is 35.2 Å². The Morgan fingerprint density at radius 3 is 3.11 bits per heavy atom. The molecule has 19 heavy (non-hydrogen) atoms. The lowest BCUT2D eigenvalue weighted by Gasteiger charge is -2.20. The Labute approximate surface area is 116 Å². The number of nitrogen functional groups attached to an aromatic ring is 1. The number of rotatable bonds is 3. The van der Waals surface area contributed by atoms with Crippen LogP contribution in [0.15, 0.2) is 6.07 Å². The van der Waals surface area contributed by atoms with Crippen molar-refractivity contribution in [3.8, 4) is 0 Å². The highest BCUT2D eigenvalue weighted by atomic mass is 32.1. The van der Waals surface area contributed by atoms with E-state index < -0.39 is 0 Å². The number of nitrogens with zero attached hydrogens (tertiary/aromatic N) is 2. The monoisotopic (exact) mass is 278 g/mol. The second-order valence-corrected chi connectivity index (χ2v) is 6.23. The van der Waals surface area contributed by atoms with Crippen LogP contribution in [-0.4, -0.2) is 28.7 Å². The number of anilines is 2. The van der Waals surface area contributed by atoms with Crippen LogP contribution in [0.5, 0.6) is 0 Å². The molecule has 0 aromatic carbocycles. The molecule has 0 amide bonds. The summed E-state index contributed by atoms with van der Waals surface area (Å²) in [5, 5.41) is 4.47. The third kappa shape index (κ3) is 2.50. The molecule has 102 valence electrons. The summed E-state index contributed by atoms with van der Waals surface area (Å²) in [5.41, 5.74) is 5.78. The van der Waals surface area contributed by atoms with Crippen LogP contribution in [0.4, 0.5) is 11.8 Å². The normalized spacial score (nSPS) is 20.8. The zero-order valence-electron chi connectivity index (χ0n) is 11.1. The van der Waals surface area contributed by atoms with Crippen LogP contribution in [0.25, 0.3) is 10.2 Å². The maximum Gasteiger partial charge on any atom is 0.223 e. The van der Waals surface area contributed by atoms with Gasteiger partial charge in [0.2, 0.25) is 5.95 Å². The molecule has 0 aliphatic carbocycles. The third-order valence-corrected chi connectivity index (χ3v) is 4.36. The van der Waals surface area contributed by atoms with E-state index in [0.29, 0.717) is 5.95 Å². The molecule has 2 aromatic heterocycles. The molecule has 2 aromatic rings. The average Bonchev–Trinajstić information content (AvgIpc) is 2.96. The molecule has 1 aliphatic rings. The van der Waals surface area contributed by atoms with Gasteiger partial charge >= 0.3 is 0 Å². The van der Waals surface area contributed by atoms with Crippen molar-refractivity contribution >= 4 is 33.3 Å². The zero-order chi connectivity index (χ0) is 13.4. The Morgan fingerprint density at radius 1 is 1.53 bits per heavy atom.